The van der Waals surface area contributed by atoms with Gasteiger partial charge in [0.2, 0.25) is 5.91 Å². The Kier molecular flexibility index (Phi) is 3.07. The van der Waals surface area contributed by atoms with Crippen molar-refractivity contribution in [1.82, 2.24) is 0 Å². The minimum absolute atomic E-state index is 0.137. The topological polar surface area (TPSA) is 57.6 Å². The Labute approximate surface area is 104 Å². The second kappa shape index (κ2) is 4.40. The number of carbonyl (C=O) groups is 2. The number of benzene rings is 1. The van der Waals surface area contributed by atoms with Gasteiger partial charge in [-0.05, 0) is 31.9 Å². The number of halogens is 1. The monoisotopic (exact) mass is 251 g/mol. The number of hydrogen-bond acceptors (Lipinski definition) is 2. The fourth-order valence-corrected chi connectivity index (χ4v) is 2.00. The number of carboxylic acids is 1. The molecule has 96 valence electrons. The van der Waals surface area contributed by atoms with Crippen molar-refractivity contribution in [2.24, 2.45) is 5.41 Å². The van der Waals surface area contributed by atoms with Crippen LogP contribution in [0.15, 0.2) is 24.3 Å². The van der Waals surface area contributed by atoms with Crippen molar-refractivity contribution in [2.45, 2.75) is 19.8 Å². The number of rotatable bonds is 4. The molecule has 0 heterocycles. The Balaban J connectivity index is 2.33. The predicted molar refractivity (Wildman–Crippen MR) is 63.7 cm³/mol. The zero-order valence-corrected chi connectivity index (χ0v) is 10.0. The molecule has 1 N–H and O–H groups in total. The highest BCUT2D eigenvalue weighted by atomic mass is 19.1. The number of carboxylic acid groups (broad SMARTS) is 1. The van der Waals surface area contributed by atoms with Crippen molar-refractivity contribution >= 4 is 17.6 Å². The molecule has 2 rings (SSSR count). The van der Waals surface area contributed by atoms with E-state index in [9.17, 15) is 14.0 Å². The molecular formula is C13H14FNO3. The fourth-order valence-electron chi connectivity index (χ4n) is 2.00. The number of amides is 1. The summed E-state index contributed by atoms with van der Waals surface area (Å²) >= 11 is 0. The number of para-hydroxylation sites is 1. The van der Waals surface area contributed by atoms with Crippen molar-refractivity contribution in [3.8, 4) is 0 Å². The van der Waals surface area contributed by atoms with Gasteiger partial charge in [0.1, 0.15) is 11.2 Å². The van der Waals surface area contributed by atoms with Crippen LogP contribution in [0.25, 0.3) is 0 Å². The van der Waals surface area contributed by atoms with E-state index in [-0.39, 0.29) is 12.2 Å². The molecule has 1 aromatic carbocycles. The van der Waals surface area contributed by atoms with Crippen LogP contribution in [0.1, 0.15) is 19.8 Å². The lowest BCUT2D eigenvalue weighted by atomic mass is 10.1. The van der Waals surface area contributed by atoms with Gasteiger partial charge in [-0.25, -0.2) is 4.39 Å². The molecule has 1 saturated carbocycles. The molecule has 1 amide bonds. The van der Waals surface area contributed by atoms with E-state index in [0.717, 1.165) is 0 Å². The van der Waals surface area contributed by atoms with Gasteiger partial charge in [-0.15, -0.1) is 0 Å². The Hall–Kier alpha value is -1.91. The van der Waals surface area contributed by atoms with E-state index in [1.54, 1.807) is 13.0 Å². The first-order chi connectivity index (χ1) is 8.53. The van der Waals surface area contributed by atoms with Crippen LogP contribution in [0.5, 0.6) is 0 Å². The molecule has 0 unspecified atom stereocenters. The van der Waals surface area contributed by atoms with Crippen molar-refractivity contribution in [3.63, 3.8) is 0 Å². The molecular weight excluding hydrogens is 237 g/mol. The fraction of sp³-hybridized carbons (Fsp3) is 0.385. The highest BCUT2D eigenvalue weighted by molar-refractivity contribution is 6.12. The quantitative estimate of drug-likeness (QED) is 0.833. The zero-order valence-electron chi connectivity index (χ0n) is 10.0. The molecule has 1 aliphatic carbocycles. The Bertz CT molecular complexity index is 497. The molecule has 0 bridgehead atoms. The van der Waals surface area contributed by atoms with Crippen LogP contribution >= 0.6 is 0 Å². The predicted octanol–water partition coefficient (Wildman–Crippen LogP) is 2.04. The first kappa shape index (κ1) is 12.5. The molecule has 4 nitrogen and oxygen atoms in total. The van der Waals surface area contributed by atoms with E-state index >= 15 is 0 Å². The largest absolute Gasteiger partial charge is 0.480 e. The van der Waals surface area contributed by atoms with E-state index in [2.05, 4.69) is 0 Å². The molecule has 0 aliphatic heterocycles. The summed E-state index contributed by atoms with van der Waals surface area (Å²) in [7, 11) is 0. The van der Waals surface area contributed by atoms with Crippen molar-refractivity contribution < 1.29 is 19.1 Å². The summed E-state index contributed by atoms with van der Waals surface area (Å²) in [5, 5.41) is 9.09. The summed E-state index contributed by atoms with van der Waals surface area (Å²) in [6.45, 7) is 1.94. The van der Waals surface area contributed by atoms with Crippen molar-refractivity contribution in [1.29, 1.82) is 0 Å². The van der Waals surface area contributed by atoms with Gasteiger partial charge in [-0.1, -0.05) is 12.1 Å². The number of nitrogens with zero attached hydrogens (tertiary/aromatic N) is 1. The molecule has 5 heteroatoms. The lowest BCUT2D eigenvalue weighted by molar-refractivity contribution is -0.148. The van der Waals surface area contributed by atoms with Gasteiger partial charge in [0.25, 0.3) is 0 Å². The first-order valence-corrected chi connectivity index (χ1v) is 5.83. The maximum absolute atomic E-state index is 13.7. The van der Waals surface area contributed by atoms with Gasteiger partial charge in [0.15, 0.2) is 0 Å². The highest BCUT2D eigenvalue weighted by Crippen LogP contribution is 2.48. The molecule has 1 aliphatic rings. The van der Waals surface area contributed by atoms with E-state index in [1.165, 1.54) is 23.1 Å². The smallest absolute Gasteiger partial charge is 0.319 e. The standard InChI is InChI=1S/C13H14FNO3/c1-2-15(10-6-4-3-5-9(10)14)11(16)13(7-8-13)12(17)18/h3-6H,2,7-8H2,1H3,(H,17,18). The van der Waals surface area contributed by atoms with E-state index < -0.39 is 23.1 Å². The van der Waals surface area contributed by atoms with Gasteiger partial charge in [-0.3, -0.25) is 9.59 Å². The number of hydrogen-bond donors (Lipinski definition) is 1. The zero-order chi connectivity index (χ0) is 13.3. The van der Waals surface area contributed by atoms with E-state index in [4.69, 9.17) is 5.11 Å². The summed E-state index contributed by atoms with van der Waals surface area (Å²) in [5.74, 6) is -2.17. The Morgan fingerprint density at radius 2 is 2.00 bits per heavy atom. The van der Waals surface area contributed by atoms with Gasteiger partial charge < -0.3 is 10.0 Å². The Morgan fingerprint density at radius 3 is 2.44 bits per heavy atom. The summed E-state index contributed by atoms with van der Waals surface area (Å²) in [5.41, 5.74) is -1.20. The van der Waals surface area contributed by atoms with Crippen LogP contribution < -0.4 is 4.90 Å². The molecule has 0 radical (unpaired) electrons. The molecule has 0 saturated heterocycles. The van der Waals surface area contributed by atoms with Crippen LogP contribution in [-0.4, -0.2) is 23.5 Å². The van der Waals surface area contributed by atoms with Crippen molar-refractivity contribution in [3.05, 3.63) is 30.1 Å². The number of aliphatic carboxylic acids is 1. The summed E-state index contributed by atoms with van der Waals surface area (Å²) in [4.78, 5) is 24.6. The van der Waals surface area contributed by atoms with Gasteiger partial charge >= 0.3 is 5.97 Å². The lowest BCUT2D eigenvalue weighted by Crippen LogP contribution is -2.41. The first-order valence-electron chi connectivity index (χ1n) is 5.83. The average molecular weight is 251 g/mol. The molecule has 0 spiro atoms. The highest BCUT2D eigenvalue weighted by Gasteiger charge is 2.58. The van der Waals surface area contributed by atoms with Crippen LogP contribution in [-0.2, 0) is 9.59 Å². The summed E-state index contributed by atoms with van der Waals surface area (Å²) in [6, 6.07) is 5.89. The minimum atomic E-state index is -1.34. The van der Waals surface area contributed by atoms with E-state index in [0.29, 0.717) is 12.8 Å². The third kappa shape index (κ3) is 1.85. The van der Waals surface area contributed by atoms with E-state index in [1.807, 2.05) is 0 Å². The summed E-state index contributed by atoms with van der Waals surface area (Å²) in [6.07, 6.45) is 0.651. The van der Waals surface area contributed by atoms with Crippen LogP contribution in [0.2, 0.25) is 0 Å². The van der Waals surface area contributed by atoms with Gasteiger partial charge in [-0.2, -0.15) is 0 Å². The average Bonchev–Trinajstić information content (AvgIpc) is 3.13. The number of anilines is 1. The second-order valence-electron chi connectivity index (χ2n) is 4.39. The van der Waals surface area contributed by atoms with Gasteiger partial charge in [0, 0.05) is 6.54 Å². The third-order valence-corrected chi connectivity index (χ3v) is 3.27. The Morgan fingerprint density at radius 1 is 1.39 bits per heavy atom. The van der Waals surface area contributed by atoms with Crippen LogP contribution in [0.3, 0.4) is 0 Å². The summed E-state index contributed by atoms with van der Waals surface area (Å²) < 4.78 is 13.7. The molecule has 1 fully saturated rings. The molecule has 0 aromatic heterocycles. The molecule has 18 heavy (non-hydrogen) atoms. The lowest BCUT2D eigenvalue weighted by Gasteiger charge is -2.24. The van der Waals surface area contributed by atoms with Gasteiger partial charge in [0.05, 0.1) is 5.69 Å². The molecule has 0 atom stereocenters. The third-order valence-electron chi connectivity index (χ3n) is 3.27. The molecule has 1 aromatic rings. The maximum Gasteiger partial charge on any atom is 0.319 e. The number of carbonyl (C=O) groups excluding carboxylic acids is 1. The SMILES string of the molecule is CCN(C(=O)C1(C(=O)O)CC1)c1ccccc1F. The van der Waals surface area contributed by atoms with Crippen LogP contribution in [0.4, 0.5) is 10.1 Å². The maximum atomic E-state index is 13.7. The van der Waals surface area contributed by atoms with Crippen molar-refractivity contribution in [2.75, 3.05) is 11.4 Å². The second-order valence-corrected chi connectivity index (χ2v) is 4.39. The van der Waals surface area contributed by atoms with Crippen LogP contribution in [0, 0.1) is 11.2 Å². The minimum Gasteiger partial charge on any atom is -0.480 e. The normalized spacial score (nSPS) is 16.1.